The highest BCUT2D eigenvalue weighted by Gasteiger charge is 2.30. The van der Waals surface area contributed by atoms with E-state index in [1.54, 1.807) is 12.1 Å². The Labute approximate surface area is 157 Å². The number of benzene rings is 3. The molecule has 2 aliphatic heterocycles. The lowest BCUT2D eigenvalue weighted by Crippen LogP contribution is -2.32. The molecule has 0 radical (unpaired) electrons. The van der Waals surface area contributed by atoms with Crippen LogP contribution in [0.4, 0.5) is 11.4 Å². The van der Waals surface area contributed by atoms with Gasteiger partial charge in [0.15, 0.2) is 0 Å². The van der Waals surface area contributed by atoms with Gasteiger partial charge in [-0.2, -0.15) is 0 Å². The lowest BCUT2D eigenvalue weighted by molar-refractivity contribution is 0.0515. The van der Waals surface area contributed by atoms with Crippen LogP contribution in [0.3, 0.4) is 0 Å². The van der Waals surface area contributed by atoms with Crippen molar-refractivity contribution >= 4 is 23.1 Å². The van der Waals surface area contributed by atoms with Crippen molar-refractivity contribution in [3.63, 3.8) is 0 Å². The van der Waals surface area contributed by atoms with Gasteiger partial charge in [0.1, 0.15) is 0 Å². The van der Waals surface area contributed by atoms with Crippen molar-refractivity contribution in [1.82, 2.24) is 0 Å². The fraction of sp³-hybridized carbons (Fsp3) is 0.130. The molecular formula is C23H18N2O2. The maximum absolute atomic E-state index is 12.2. The lowest BCUT2D eigenvalue weighted by atomic mass is 9.88. The number of hydrogen-bond donors (Lipinski definition) is 0. The van der Waals surface area contributed by atoms with Crippen molar-refractivity contribution in [2.75, 3.05) is 11.4 Å². The molecule has 132 valence electrons. The predicted molar refractivity (Wildman–Crippen MR) is 106 cm³/mol. The van der Waals surface area contributed by atoms with Crippen LogP contribution in [-0.2, 0) is 11.3 Å². The predicted octanol–water partition coefficient (Wildman–Crippen LogP) is 4.69. The molecule has 0 bridgehead atoms. The molecule has 2 aliphatic rings. The number of para-hydroxylation sites is 2. The molecule has 0 saturated carbocycles. The number of nitrogens with zero attached hydrogens (tertiary/aromatic N) is 2. The largest absolute Gasteiger partial charge is 0.365 e. The van der Waals surface area contributed by atoms with Crippen LogP contribution in [0.1, 0.15) is 33.5 Å². The summed E-state index contributed by atoms with van der Waals surface area (Å²) >= 11 is 0. The first-order valence-electron chi connectivity index (χ1n) is 9.12. The minimum Gasteiger partial charge on any atom is -0.340 e. The van der Waals surface area contributed by atoms with E-state index in [1.807, 2.05) is 18.2 Å². The van der Waals surface area contributed by atoms with E-state index in [9.17, 15) is 4.79 Å². The first-order chi connectivity index (χ1) is 13.3. The number of oxime groups is 1. The van der Waals surface area contributed by atoms with E-state index in [0.29, 0.717) is 5.56 Å². The highest BCUT2D eigenvalue weighted by molar-refractivity contribution is 6.09. The molecule has 3 aromatic carbocycles. The topological polar surface area (TPSA) is 41.9 Å². The molecule has 4 nitrogen and oxygen atoms in total. The molecule has 0 N–H and O–H groups in total. The molecule has 3 aromatic rings. The third-order valence-corrected chi connectivity index (χ3v) is 5.18. The second kappa shape index (κ2) is 6.40. The summed E-state index contributed by atoms with van der Waals surface area (Å²) in [7, 11) is 0. The first-order valence-corrected chi connectivity index (χ1v) is 9.12. The number of anilines is 2. The molecule has 5 rings (SSSR count). The van der Waals surface area contributed by atoms with Crippen molar-refractivity contribution in [1.29, 1.82) is 0 Å². The Morgan fingerprint density at radius 2 is 1.67 bits per heavy atom. The zero-order valence-corrected chi connectivity index (χ0v) is 14.8. The van der Waals surface area contributed by atoms with Crippen LogP contribution in [0.2, 0.25) is 0 Å². The normalized spacial score (nSPS) is 15.9. The minimum absolute atomic E-state index is 0.430. The second-order valence-electron chi connectivity index (χ2n) is 6.80. The quantitative estimate of drug-likeness (QED) is 0.495. The van der Waals surface area contributed by atoms with Gasteiger partial charge in [-0.1, -0.05) is 59.8 Å². The molecular weight excluding hydrogens is 336 g/mol. The molecule has 0 aromatic heterocycles. The van der Waals surface area contributed by atoms with Crippen molar-refractivity contribution in [3.05, 3.63) is 95.1 Å². The minimum atomic E-state index is -0.430. The maximum atomic E-state index is 12.2. The maximum Gasteiger partial charge on any atom is 0.365 e. The van der Waals surface area contributed by atoms with E-state index >= 15 is 0 Å². The van der Waals surface area contributed by atoms with E-state index in [2.05, 4.69) is 52.5 Å². The van der Waals surface area contributed by atoms with Crippen LogP contribution in [0, 0.1) is 0 Å². The number of fused-ring (bicyclic) bond motifs is 2. The third kappa shape index (κ3) is 2.70. The van der Waals surface area contributed by atoms with Gasteiger partial charge >= 0.3 is 5.97 Å². The monoisotopic (exact) mass is 354 g/mol. The highest BCUT2D eigenvalue weighted by atomic mass is 16.7. The van der Waals surface area contributed by atoms with Gasteiger partial charge in [-0.05, 0) is 29.3 Å². The summed E-state index contributed by atoms with van der Waals surface area (Å²) in [4.78, 5) is 19.8. The molecule has 2 heterocycles. The molecule has 0 aliphatic carbocycles. The Morgan fingerprint density at radius 3 is 2.56 bits per heavy atom. The Hall–Kier alpha value is -3.40. The summed E-state index contributed by atoms with van der Waals surface area (Å²) in [5, 5.41) is 4.23. The Bertz CT molecular complexity index is 1060. The van der Waals surface area contributed by atoms with Gasteiger partial charge in [-0.25, -0.2) is 4.79 Å². The van der Waals surface area contributed by atoms with Gasteiger partial charge in [0.05, 0.1) is 17.0 Å². The van der Waals surface area contributed by atoms with Gasteiger partial charge in [-0.3, -0.25) is 0 Å². The van der Waals surface area contributed by atoms with E-state index in [4.69, 9.17) is 4.84 Å². The zero-order chi connectivity index (χ0) is 18.2. The standard InChI is InChI=1S/C23H18N2O2/c26-23(16-7-2-1-3-8-16)27-24-20-13-14-25-21-12-5-4-9-17(21)15-18-10-6-11-19(20)22(18)25/h1-12H,13-15H2/b24-20+. The Morgan fingerprint density at radius 1 is 0.889 bits per heavy atom. The number of carbonyl (C=O) groups excluding carboxylic acids is 1. The average molecular weight is 354 g/mol. The Balaban J connectivity index is 1.50. The fourth-order valence-corrected chi connectivity index (χ4v) is 3.94. The summed E-state index contributed by atoms with van der Waals surface area (Å²) in [6.07, 6.45) is 1.64. The molecule has 0 unspecified atom stereocenters. The van der Waals surface area contributed by atoms with E-state index in [1.165, 1.54) is 22.5 Å². The highest BCUT2D eigenvalue weighted by Crippen LogP contribution is 2.43. The summed E-state index contributed by atoms with van der Waals surface area (Å²) in [6, 6.07) is 23.8. The molecule has 27 heavy (non-hydrogen) atoms. The summed E-state index contributed by atoms with van der Waals surface area (Å²) in [5.74, 6) is -0.430. The van der Waals surface area contributed by atoms with Crippen molar-refractivity contribution in [3.8, 4) is 0 Å². The van der Waals surface area contributed by atoms with Crippen LogP contribution < -0.4 is 4.90 Å². The van der Waals surface area contributed by atoms with E-state index in [0.717, 1.165) is 30.7 Å². The summed E-state index contributed by atoms with van der Waals surface area (Å²) < 4.78 is 0. The summed E-state index contributed by atoms with van der Waals surface area (Å²) in [5.41, 5.74) is 7.46. The lowest BCUT2D eigenvalue weighted by Gasteiger charge is -2.38. The molecule has 0 atom stereocenters. The van der Waals surface area contributed by atoms with Gasteiger partial charge in [0.2, 0.25) is 0 Å². The molecule has 0 fully saturated rings. The van der Waals surface area contributed by atoms with E-state index < -0.39 is 5.97 Å². The van der Waals surface area contributed by atoms with Gasteiger partial charge in [0, 0.05) is 30.6 Å². The van der Waals surface area contributed by atoms with E-state index in [-0.39, 0.29) is 0 Å². The third-order valence-electron chi connectivity index (χ3n) is 5.18. The van der Waals surface area contributed by atoms with Crippen molar-refractivity contribution in [2.24, 2.45) is 5.16 Å². The van der Waals surface area contributed by atoms with Crippen LogP contribution in [0.5, 0.6) is 0 Å². The SMILES string of the molecule is O=C(O/N=C1\CCN2c3ccccc3Cc3cccc1c32)c1ccccc1. The summed E-state index contributed by atoms with van der Waals surface area (Å²) in [6.45, 7) is 0.822. The van der Waals surface area contributed by atoms with Crippen molar-refractivity contribution < 1.29 is 9.63 Å². The molecule has 0 spiro atoms. The van der Waals surface area contributed by atoms with Crippen LogP contribution >= 0.6 is 0 Å². The smallest absolute Gasteiger partial charge is 0.340 e. The number of hydrogen-bond acceptors (Lipinski definition) is 4. The number of carbonyl (C=O) groups is 1. The molecule has 0 amide bonds. The molecule has 4 heteroatoms. The number of rotatable bonds is 2. The second-order valence-corrected chi connectivity index (χ2v) is 6.80. The van der Waals surface area contributed by atoms with Crippen LogP contribution in [0.25, 0.3) is 0 Å². The fourth-order valence-electron chi connectivity index (χ4n) is 3.94. The van der Waals surface area contributed by atoms with Gasteiger partial charge in [0.25, 0.3) is 0 Å². The zero-order valence-electron chi connectivity index (χ0n) is 14.8. The van der Waals surface area contributed by atoms with Gasteiger partial charge in [-0.15, -0.1) is 0 Å². The van der Waals surface area contributed by atoms with Crippen LogP contribution in [-0.4, -0.2) is 18.2 Å². The Kier molecular flexibility index (Phi) is 3.75. The molecule has 0 saturated heterocycles. The first kappa shape index (κ1) is 15.8. The van der Waals surface area contributed by atoms with Crippen LogP contribution in [0.15, 0.2) is 78.0 Å². The van der Waals surface area contributed by atoms with Crippen molar-refractivity contribution in [2.45, 2.75) is 12.8 Å². The van der Waals surface area contributed by atoms with Gasteiger partial charge < -0.3 is 9.74 Å². The average Bonchev–Trinajstić information content (AvgIpc) is 2.73.